The lowest BCUT2D eigenvalue weighted by Crippen LogP contribution is -2.16. The second-order valence-electron chi connectivity index (χ2n) is 2.66. The van der Waals surface area contributed by atoms with Crippen molar-refractivity contribution in [1.82, 2.24) is 4.83 Å². The number of rotatable bonds is 2. The van der Waals surface area contributed by atoms with E-state index in [9.17, 15) is 0 Å². The van der Waals surface area contributed by atoms with Gasteiger partial charge in [0, 0.05) is 6.20 Å². The van der Waals surface area contributed by atoms with Gasteiger partial charge in [0.15, 0.2) is 0 Å². The summed E-state index contributed by atoms with van der Waals surface area (Å²) < 4.78 is 5.84. The van der Waals surface area contributed by atoms with E-state index in [1.165, 1.54) is 11.9 Å². The maximum atomic E-state index is 5.06. The molecule has 0 saturated carbocycles. The predicted molar refractivity (Wildman–Crippen MR) is 60.6 cm³/mol. The largest absolute Gasteiger partial charge is 0.770 e. The summed E-state index contributed by atoms with van der Waals surface area (Å²) in [5.41, 5.74) is 0.984. The zero-order chi connectivity index (χ0) is 9.97. The van der Waals surface area contributed by atoms with Crippen molar-refractivity contribution in [3.8, 4) is 5.75 Å². The summed E-state index contributed by atoms with van der Waals surface area (Å²) in [6, 6.07) is 7.66. The molecule has 0 N–H and O–H groups in total. The van der Waals surface area contributed by atoms with Gasteiger partial charge in [-0.3, -0.25) is 5.01 Å². The van der Waals surface area contributed by atoms with Gasteiger partial charge in [0.2, 0.25) is 0 Å². The van der Waals surface area contributed by atoms with Gasteiger partial charge >= 0.3 is 0 Å². The Morgan fingerprint density at radius 2 is 2.07 bits per heavy atom. The van der Waals surface area contributed by atoms with E-state index in [1.807, 2.05) is 30.5 Å². The van der Waals surface area contributed by atoms with Crippen molar-refractivity contribution in [3.63, 3.8) is 0 Å². The Morgan fingerprint density at radius 1 is 1.36 bits per heavy atom. The fraction of sp³-hybridized carbons (Fsp3) is 0.111. The molecule has 2 rings (SSSR count). The van der Waals surface area contributed by atoms with Gasteiger partial charge in [-0.15, -0.1) is 4.24 Å². The van der Waals surface area contributed by atoms with Gasteiger partial charge in [0.25, 0.3) is 0 Å². The van der Waals surface area contributed by atoms with Gasteiger partial charge in [-0.05, 0) is 36.2 Å². The molecule has 73 valence electrons. The molecule has 14 heavy (non-hydrogen) atoms. The van der Waals surface area contributed by atoms with Crippen molar-refractivity contribution >= 4 is 30.3 Å². The quantitative estimate of drug-likeness (QED) is 0.567. The van der Waals surface area contributed by atoms with Gasteiger partial charge < -0.3 is 17.4 Å². The minimum Gasteiger partial charge on any atom is -0.770 e. The molecule has 1 heterocycles. The van der Waals surface area contributed by atoms with Crippen molar-refractivity contribution in [2.45, 2.75) is 0 Å². The monoisotopic (exact) mass is 224 g/mol. The van der Waals surface area contributed by atoms with Crippen LogP contribution in [0, 0.1) is 0 Å². The molecule has 1 aliphatic heterocycles. The van der Waals surface area contributed by atoms with Gasteiger partial charge in [-0.25, -0.2) is 0 Å². The topological polar surface area (TPSA) is 26.6 Å². The van der Waals surface area contributed by atoms with Gasteiger partial charge in [-0.1, -0.05) is 4.83 Å². The Morgan fingerprint density at radius 3 is 2.57 bits per heavy atom. The molecule has 3 nitrogen and oxygen atoms in total. The molecular formula is C9H8N2OS2-. The lowest BCUT2D eigenvalue weighted by atomic mass is 10.3. The number of hydrogen-bond acceptors (Lipinski definition) is 4. The highest BCUT2D eigenvalue weighted by atomic mass is 32.2. The third kappa shape index (κ3) is 1.95. The molecular weight excluding hydrogens is 216 g/mol. The Balaban J connectivity index is 2.17. The average molecular weight is 224 g/mol. The second-order valence-corrected chi connectivity index (χ2v) is 4.15. The van der Waals surface area contributed by atoms with Gasteiger partial charge in [0.05, 0.1) is 12.8 Å². The molecule has 1 radical (unpaired) electrons. The first kappa shape index (κ1) is 9.64. The van der Waals surface area contributed by atoms with E-state index in [2.05, 4.69) is 4.83 Å². The van der Waals surface area contributed by atoms with Crippen LogP contribution >= 0.6 is 11.9 Å². The summed E-state index contributed by atoms with van der Waals surface area (Å²) in [5, 5.41) is 1.76. The van der Waals surface area contributed by atoms with Crippen molar-refractivity contribution in [1.29, 1.82) is 0 Å². The van der Waals surface area contributed by atoms with E-state index in [-0.39, 0.29) is 0 Å². The van der Waals surface area contributed by atoms with Crippen LogP contribution in [0.3, 0.4) is 0 Å². The molecule has 0 aromatic heterocycles. The molecule has 0 amide bonds. The third-order valence-electron chi connectivity index (χ3n) is 1.78. The number of benzene rings is 1. The molecule has 0 spiro atoms. The summed E-state index contributed by atoms with van der Waals surface area (Å²) in [6.07, 6.45) is 1.82. The molecule has 0 atom stereocenters. The first-order chi connectivity index (χ1) is 6.79. The zero-order valence-corrected chi connectivity index (χ0v) is 9.14. The number of hydrogen-bond donors (Lipinski definition) is 0. The van der Waals surface area contributed by atoms with Gasteiger partial charge in [0.1, 0.15) is 5.75 Å². The standard InChI is InChI=1S/C9H9N2OS2/c1-12-8-4-2-7(3-5-8)11-6-9(13)14-10-11/h2-6,13H,1H3/p-1. The van der Waals surface area contributed by atoms with Crippen LogP contribution in [-0.4, -0.2) is 7.11 Å². The van der Waals surface area contributed by atoms with E-state index in [0.29, 0.717) is 0 Å². The summed E-state index contributed by atoms with van der Waals surface area (Å²) in [6.45, 7) is 0. The second kappa shape index (κ2) is 4.08. The SMILES string of the molecule is COc1ccc(N2C=C([S-])S[N]2)cc1. The fourth-order valence-corrected chi connectivity index (χ4v) is 1.74. The Kier molecular flexibility index (Phi) is 2.81. The molecule has 5 heteroatoms. The Labute approximate surface area is 92.6 Å². The first-order valence-electron chi connectivity index (χ1n) is 4.00. The van der Waals surface area contributed by atoms with Crippen LogP contribution in [0.15, 0.2) is 34.7 Å². The highest BCUT2D eigenvalue weighted by Gasteiger charge is 2.09. The lowest BCUT2D eigenvalue weighted by molar-refractivity contribution is 0.415. The van der Waals surface area contributed by atoms with Crippen LogP contribution < -0.4 is 14.6 Å². The van der Waals surface area contributed by atoms with Gasteiger partial charge in [-0.2, -0.15) is 0 Å². The van der Waals surface area contributed by atoms with E-state index in [0.717, 1.165) is 15.7 Å². The molecule has 0 unspecified atom stereocenters. The zero-order valence-electron chi connectivity index (χ0n) is 7.51. The van der Waals surface area contributed by atoms with Crippen molar-refractivity contribution in [3.05, 3.63) is 34.7 Å². The van der Waals surface area contributed by atoms with Crippen LogP contribution in [-0.2, 0) is 12.6 Å². The maximum absolute atomic E-state index is 5.06. The minimum absolute atomic E-state index is 0.779. The van der Waals surface area contributed by atoms with Crippen molar-refractivity contribution in [2.75, 3.05) is 12.1 Å². The van der Waals surface area contributed by atoms with Crippen molar-refractivity contribution < 1.29 is 4.74 Å². The number of anilines is 1. The van der Waals surface area contributed by atoms with Crippen LogP contribution in [0.1, 0.15) is 0 Å². The molecule has 0 fully saturated rings. The molecule has 0 aliphatic carbocycles. The van der Waals surface area contributed by atoms with Crippen LogP contribution in [0.2, 0.25) is 0 Å². The Bertz CT molecular complexity index is 350. The molecule has 0 bridgehead atoms. The third-order valence-corrected chi connectivity index (χ3v) is 2.66. The minimum atomic E-state index is 0.779. The summed E-state index contributed by atoms with van der Waals surface area (Å²) in [4.78, 5) is 4.15. The van der Waals surface area contributed by atoms with Crippen molar-refractivity contribution in [2.24, 2.45) is 0 Å². The highest BCUT2D eigenvalue weighted by molar-refractivity contribution is 8.09. The van der Waals surface area contributed by atoms with E-state index >= 15 is 0 Å². The van der Waals surface area contributed by atoms with E-state index in [4.69, 9.17) is 17.4 Å². The summed E-state index contributed by atoms with van der Waals surface area (Å²) >= 11 is 6.30. The van der Waals surface area contributed by atoms with Crippen LogP contribution in [0.4, 0.5) is 5.69 Å². The first-order valence-corrected chi connectivity index (χ1v) is 5.18. The van der Waals surface area contributed by atoms with E-state index in [1.54, 1.807) is 12.1 Å². The van der Waals surface area contributed by atoms with Crippen LogP contribution in [0.5, 0.6) is 5.75 Å². The summed E-state index contributed by atoms with van der Waals surface area (Å²) in [5.74, 6) is 0.836. The molecule has 1 aromatic carbocycles. The number of methoxy groups -OCH3 is 1. The average Bonchev–Trinajstić information content (AvgIpc) is 2.65. The van der Waals surface area contributed by atoms with E-state index < -0.39 is 0 Å². The molecule has 1 aromatic rings. The molecule has 0 saturated heterocycles. The van der Waals surface area contributed by atoms with Crippen LogP contribution in [0.25, 0.3) is 0 Å². The normalized spacial score (nSPS) is 15.5. The highest BCUT2D eigenvalue weighted by Crippen LogP contribution is 2.27. The lowest BCUT2D eigenvalue weighted by Gasteiger charge is -2.12. The smallest absolute Gasteiger partial charge is 0.119 e. The summed E-state index contributed by atoms with van der Waals surface area (Å²) in [7, 11) is 1.65. The molecule has 1 aliphatic rings. The fourth-order valence-electron chi connectivity index (χ4n) is 1.09. The number of nitrogens with zero attached hydrogens (tertiary/aromatic N) is 2. The number of ether oxygens (including phenoxy) is 1. The Hall–Kier alpha value is -0.910. The predicted octanol–water partition coefficient (Wildman–Crippen LogP) is 2.03. The maximum Gasteiger partial charge on any atom is 0.119 e.